The topological polar surface area (TPSA) is 40.5 Å². The summed E-state index contributed by atoms with van der Waals surface area (Å²) >= 11 is 3.07. The minimum absolute atomic E-state index is 0.0347. The lowest BCUT2D eigenvalue weighted by Crippen LogP contribution is -1.97. The molecule has 0 saturated heterocycles. The quantitative estimate of drug-likeness (QED) is 0.879. The second-order valence-corrected chi connectivity index (χ2v) is 3.97. The first-order chi connectivity index (χ1) is 6.57. The van der Waals surface area contributed by atoms with Gasteiger partial charge in [-0.1, -0.05) is 0 Å². The van der Waals surface area contributed by atoms with Crippen molar-refractivity contribution in [2.45, 2.75) is 19.8 Å². The fourth-order valence-electron chi connectivity index (χ4n) is 1.32. The van der Waals surface area contributed by atoms with Gasteiger partial charge in [0.25, 0.3) is 0 Å². The molecular weight excluding hydrogens is 251 g/mol. The van der Waals surface area contributed by atoms with E-state index in [0.717, 1.165) is 0 Å². The van der Waals surface area contributed by atoms with Crippen molar-refractivity contribution in [1.29, 1.82) is 0 Å². The third-order valence-corrected chi connectivity index (χ3v) is 2.77. The molecule has 1 aromatic rings. The average Bonchev–Trinajstić information content (AvgIpc) is 2.15. The van der Waals surface area contributed by atoms with Gasteiger partial charge in [0, 0.05) is 12.2 Å². The molecule has 0 bridgehead atoms. The number of aromatic hydroxyl groups is 1. The van der Waals surface area contributed by atoms with Gasteiger partial charge in [-0.2, -0.15) is 0 Å². The smallest absolute Gasteiger partial charge is 0.133 e. The summed E-state index contributed by atoms with van der Waals surface area (Å²) in [5.41, 5.74) is 1.00. The fourth-order valence-corrected chi connectivity index (χ4v) is 1.76. The summed E-state index contributed by atoms with van der Waals surface area (Å²) in [6.07, 6.45) is 0.995. The predicted molar refractivity (Wildman–Crippen MR) is 55.9 cm³/mol. The van der Waals surface area contributed by atoms with Gasteiger partial charge < -0.3 is 10.2 Å². The molecule has 0 heterocycles. The molecule has 0 aromatic heterocycles. The van der Waals surface area contributed by atoms with Gasteiger partial charge in [0.2, 0.25) is 0 Å². The van der Waals surface area contributed by atoms with Crippen molar-refractivity contribution in [2.75, 3.05) is 6.61 Å². The highest BCUT2D eigenvalue weighted by molar-refractivity contribution is 9.10. The summed E-state index contributed by atoms with van der Waals surface area (Å²) in [6, 6.07) is 1.24. The summed E-state index contributed by atoms with van der Waals surface area (Å²) in [6.45, 7) is 1.65. The number of aliphatic hydroxyl groups is 1. The molecule has 0 aliphatic carbocycles. The largest absolute Gasteiger partial charge is 0.506 e. The maximum atomic E-state index is 13.2. The van der Waals surface area contributed by atoms with E-state index in [9.17, 15) is 9.50 Å². The highest BCUT2D eigenvalue weighted by Crippen LogP contribution is 2.32. The van der Waals surface area contributed by atoms with Gasteiger partial charge in [0.1, 0.15) is 11.6 Å². The first-order valence-corrected chi connectivity index (χ1v) is 5.14. The summed E-state index contributed by atoms with van der Waals surface area (Å²) in [5.74, 6) is -0.278. The van der Waals surface area contributed by atoms with Crippen LogP contribution in [0.3, 0.4) is 0 Å². The Balaban J connectivity index is 3.11. The van der Waals surface area contributed by atoms with Crippen LogP contribution in [0.4, 0.5) is 4.39 Å². The van der Waals surface area contributed by atoms with Crippen LogP contribution in [0.5, 0.6) is 5.75 Å². The minimum atomic E-state index is -0.345. The van der Waals surface area contributed by atoms with E-state index in [1.54, 1.807) is 6.92 Å². The minimum Gasteiger partial charge on any atom is -0.506 e. The Labute approximate surface area is 90.5 Å². The molecule has 0 fully saturated rings. The lowest BCUT2D eigenvalue weighted by Gasteiger charge is -2.10. The number of benzene rings is 1. The molecule has 2 nitrogen and oxygen atoms in total. The summed E-state index contributed by atoms with van der Waals surface area (Å²) < 4.78 is 13.6. The third-order valence-electron chi connectivity index (χ3n) is 2.16. The molecule has 1 aromatic carbocycles. The van der Waals surface area contributed by atoms with Crippen LogP contribution in [-0.2, 0) is 6.42 Å². The van der Waals surface area contributed by atoms with Crippen molar-refractivity contribution >= 4 is 15.9 Å². The van der Waals surface area contributed by atoms with E-state index in [1.165, 1.54) is 6.07 Å². The van der Waals surface area contributed by atoms with Crippen LogP contribution in [0.15, 0.2) is 10.5 Å². The molecule has 14 heavy (non-hydrogen) atoms. The number of hydrogen-bond donors (Lipinski definition) is 2. The molecule has 2 N–H and O–H groups in total. The molecule has 0 amide bonds. The Kier molecular flexibility index (Phi) is 3.89. The summed E-state index contributed by atoms with van der Waals surface area (Å²) in [7, 11) is 0. The van der Waals surface area contributed by atoms with E-state index in [0.29, 0.717) is 28.4 Å². The highest BCUT2D eigenvalue weighted by Gasteiger charge is 2.12. The number of aliphatic hydroxyl groups excluding tert-OH is 1. The zero-order valence-electron chi connectivity index (χ0n) is 7.85. The molecule has 1 rings (SSSR count). The van der Waals surface area contributed by atoms with Crippen molar-refractivity contribution < 1.29 is 14.6 Å². The second kappa shape index (κ2) is 4.75. The highest BCUT2D eigenvalue weighted by atomic mass is 79.9. The van der Waals surface area contributed by atoms with E-state index in [2.05, 4.69) is 15.9 Å². The normalized spacial score (nSPS) is 10.6. The van der Waals surface area contributed by atoms with Gasteiger partial charge in [0.15, 0.2) is 0 Å². The molecule has 0 atom stereocenters. The number of halogens is 2. The third kappa shape index (κ3) is 2.25. The Morgan fingerprint density at radius 1 is 1.50 bits per heavy atom. The predicted octanol–water partition coefficient (Wildman–Crippen LogP) is 2.53. The first kappa shape index (κ1) is 11.5. The van der Waals surface area contributed by atoms with E-state index >= 15 is 0 Å². The summed E-state index contributed by atoms with van der Waals surface area (Å²) in [5, 5.41) is 18.3. The van der Waals surface area contributed by atoms with Crippen LogP contribution in [-0.4, -0.2) is 16.8 Å². The van der Waals surface area contributed by atoms with E-state index in [1.807, 2.05) is 0 Å². The van der Waals surface area contributed by atoms with E-state index in [-0.39, 0.29) is 18.2 Å². The number of phenols is 1. The van der Waals surface area contributed by atoms with Gasteiger partial charge in [-0.15, -0.1) is 0 Å². The summed E-state index contributed by atoms with van der Waals surface area (Å²) in [4.78, 5) is 0. The standard InChI is InChI=1S/C10H12BrFO2/c1-6-7(3-2-4-13)10(14)8(11)5-9(6)12/h5,13-14H,2-4H2,1H3. The van der Waals surface area contributed by atoms with Gasteiger partial charge in [0.05, 0.1) is 4.47 Å². The van der Waals surface area contributed by atoms with Crippen LogP contribution in [0, 0.1) is 12.7 Å². The van der Waals surface area contributed by atoms with E-state index < -0.39 is 0 Å². The SMILES string of the molecule is Cc1c(F)cc(Br)c(O)c1CCCO. The fraction of sp³-hybridized carbons (Fsp3) is 0.400. The van der Waals surface area contributed by atoms with Crippen LogP contribution < -0.4 is 0 Å². The molecule has 0 radical (unpaired) electrons. The average molecular weight is 263 g/mol. The molecule has 0 spiro atoms. The Bertz CT molecular complexity index is 313. The molecule has 0 unspecified atom stereocenters. The van der Waals surface area contributed by atoms with Gasteiger partial charge in [-0.3, -0.25) is 0 Å². The van der Waals surface area contributed by atoms with Gasteiger partial charge >= 0.3 is 0 Å². The Hall–Kier alpha value is -0.610. The monoisotopic (exact) mass is 262 g/mol. The van der Waals surface area contributed by atoms with Crippen molar-refractivity contribution in [3.05, 3.63) is 27.5 Å². The van der Waals surface area contributed by atoms with Gasteiger partial charge in [-0.05, 0) is 47.3 Å². The zero-order chi connectivity index (χ0) is 10.7. The maximum Gasteiger partial charge on any atom is 0.133 e. The number of rotatable bonds is 3. The van der Waals surface area contributed by atoms with Crippen molar-refractivity contribution in [3.63, 3.8) is 0 Å². The van der Waals surface area contributed by atoms with Crippen LogP contribution in [0.1, 0.15) is 17.5 Å². The zero-order valence-corrected chi connectivity index (χ0v) is 9.44. The number of phenolic OH excluding ortho intramolecular Hbond substituents is 1. The molecular formula is C10H12BrFO2. The lowest BCUT2D eigenvalue weighted by molar-refractivity contribution is 0.287. The molecule has 4 heteroatoms. The van der Waals surface area contributed by atoms with Gasteiger partial charge in [-0.25, -0.2) is 4.39 Å². The van der Waals surface area contributed by atoms with Crippen LogP contribution >= 0.6 is 15.9 Å². The number of hydrogen-bond acceptors (Lipinski definition) is 2. The first-order valence-electron chi connectivity index (χ1n) is 4.35. The van der Waals surface area contributed by atoms with Crippen LogP contribution in [0.2, 0.25) is 0 Å². The lowest BCUT2D eigenvalue weighted by atomic mass is 10.0. The molecule has 0 saturated carbocycles. The Morgan fingerprint density at radius 3 is 2.71 bits per heavy atom. The van der Waals surface area contributed by atoms with Crippen molar-refractivity contribution in [1.82, 2.24) is 0 Å². The second-order valence-electron chi connectivity index (χ2n) is 3.12. The molecule has 0 aliphatic rings. The molecule has 78 valence electrons. The Morgan fingerprint density at radius 2 is 2.14 bits per heavy atom. The van der Waals surface area contributed by atoms with Crippen LogP contribution in [0.25, 0.3) is 0 Å². The maximum absolute atomic E-state index is 13.2. The molecule has 0 aliphatic heterocycles. The van der Waals surface area contributed by atoms with Crippen molar-refractivity contribution in [3.8, 4) is 5.75 Å². The van der Waals surface area contributed by atoms with Crippen molar-refractivity contribution in [2.24, 2.45) is 0 Å². The van der Waals surface area contributed by atoms with E-state index in [4.69, 9.17) is 5.11 Å².